The maximum Gasteiger partial charge on any atom is 0.123 e. The van der Waals surface area contributed by atoms with E-state index in [4.69, 9.17) is 11.6 Å². The van der Waals surface area contributed by atoms with Crippen LogP contribution in [0.1, 0.15) is 11.1 Å². The third-order valence-electron chi connectivity index (χ3n) is 2.64. The van der Waals surface area contributed by atoms with E-state index in [2.05, 4.69) is 5.32 Å². The predicted octanol–water partition coefficient (Wildman–Crippen LogP) is 4.40. The van der Waals surface area contributed by atoms with Crippen LogP contribution in [0.4, 0.5) is 10.1 Å². The van der Waals surface area contributed by atoms with Crippen molar-refractivity contribution in [1.29, 1.82) is 0 Å². The molecule has 0 bridgehead atoms. The smallest absolute Gasteiger partial charge is 0.123 e. The van der Waals surface area contributed by atoms with Gasteiger partial charge in [0.1, 0.15) is 5.82 Å². The SMILES string of the molecule is Cc1c(Cl)cccc1NCc1cccc(F)c1. The van der Waals surface area contributed by atoms with Crippen molar-refractivity contribution in [2.24, 2.45) is 0 Å². The average Bonchev–Trinajstić information content (AvgIpc) is 2.31. The monoisotopic (exact) mass is 249 g/mol. The van der Waals surface area contributed by atoms with E-state index in [9.17, 15) is 4.39 Å². The van der Waals surface area contributed by atoms with Gasteiger partial charge in [0.15, 0.2) is 0 Å². The number of hydrogen-bond donors (Lipinski definition) is 1. The first-order valence-electron chi connectivity index (χ1n) is 5.40. The van der Waals surface area contributed by atoms with Gasteiger partial charge in [0, 0.05) is 17.3 Å². The van der Waals surface area contributed by atoms with Gasteiger partial charge in [-0.2, -0.15) is 0 Å². The molecule has 1 N–H and O–H groups in total. The number of nitrogens with one attached hydrogen (secondary N) is 1. The Hall–Kier alpha value is -1.54. The fourth-order valence-corrected chi connectivity index (χ4v) is 1.82. The van der Waals surface area contributed by atoms with Gasteiger partial charge in [-0.1, -0.05) is 29.8 Å². The van der Waals surface area contributed by atoms with E-state index in [1.807, 2.05) is 31.2 Å². The lowest BCUT2D eigenvalue weighted by Crippen LogP contribution is -2.01. The summed E-state index contributed by atoms with van der Waals surface area (Å²) in [4.78, 5) is 0. The maximum atomic E-state index is 13.0. The highest BCUT2D eigenvalue weighted by molar-refractivity contribution is 6.31. The lowest BCUT2D eigenvalue weighted by atomic mass is 10.1. The van der Waals surface area contributed by atoms with Crippen molar-refractivity contribution in [3.05, 3.63) is 64.4 Å². The number of anilines is 1. The zero-order valence-corrected chi connectivity index (χ0v) is 10.3. The number of halogens is 2. The van der Waals surface area contributed by atoms with Crippen molar-refractivity contribution in [1.82, 2.24) is 0 Å². The van der Waals surface area contributed by atoms with Crippen LogP contribution < -0.4 is 5.32 Å². The molecule has 0 radical (unpaired) electrons. The zero-order valence-electron chi connectivity index (χ0n) is 9.50. The summed E-state index contributed by atoms with van der Waals surface area (Å²) in [6.07, 6.45) is 0. The fraction of sp³-hybridized carbons (Fsp3) is 0.143. The highest BCUT2D eigenvalue weighted by Gasteiger charge is 2.01. The number of hydrogen-bond acceptors (Lipinski definition) is 1. The Bertz CT molecular complexity index is 525. The molecule has 0 saturated carbocycles. The van der Waals surface area contributed by atoms with Crippen LogP contribution in [0, 0.1) is 12.7 Å². The molecule has 0 aromatic heterocycles. The minimum atomic E-state index is -0.216. The summed E-state index contributed by atoms with van der Waals surface area (Å²) in [5, 5.41) is 3.98. The van der Waals surface area contributed by atoms with Crippen LogP contribution >= 0.6 is 11.6 Å². The summed E-state index contributed by atoms with van der Waals surface area (Å²) in [5.41, 5.74) is 2.89. The standard InChI is InChI=1S/C14H13ClFN/c1-10-13(15)6-3-7-14(10)17-9-11-4-2-5-12(16)8-11/h2-8,17H,9H2,1H3. The van der Waals surface area contributed by atoms with Crippen molar-refractivity contribution in [2.75, 3.05) is 5.32 Å². The van der Waals surface area contributed by atoms with Gasteiger partial charge in [0.2, 0.25) is 0 Å². The predicted molar refractivity (Wildman–Crippen MR) is 69.9 cm³/mol. The molecule has 0 saturated heterocycles. The van der Waals surface area contributed by atoms with Crippen LogP contribution in [0.15, 0.2) is 42.5 Å². The van der Waals surface area contributed by atoms with Gasteiger partial charge in [-0.05, 0) is 42.3 Å². The molecule has 0 unspecified atom stereocenters. The van der Waals surface area contributed by atoms with Gasteiger partial charge >= 0.3 is 0 Å². The zero-order chi connectivity index (χ0) is 12.3. The van der Waals surface area contributed by atoms with Crippen molar-refractivity contribution in [3.63, 3.8) is 0 Å². The topological polar surface area (TPSA) is 12.0 Å². The molecule has 2 aromatic carbocycles. The van der Waals surface area contributed by atoms with Crippen molar-refractivity contribution in [3.8, 4) is 0 Å². The largest absolute Gasteiger partial charge is 0.381 e. The summed E-state index contributed by atoms with van der Waals surface area (Å²) < 4.78 is 13.0. The maximum absolute atomic E-state index is 13.0. The van der Waals surface area contributed by atoms with Crippen molar-refractivity contribution >= 4 is 17.3 Å². The van der Waals surface area contributed by atoms with E-state index in [0.29, 0.717) is 6.54 Å². The third-order valence-corrected chi connectivity index (χ3v) is 3.05. The summed E-state index contributed by atoms with van der Waals surface area (Å²) in [6.45, 7) is 2.54. The molecule has 17 heavy (non-hydrogen) atoms. The Kier molecular flexibility index (Phi) is 3.64. The van der Waals surface area contributed by atoms with E-state index in [1.54, 1.807) is 6.07 Å². The van der Waals surface area contributed by atoms with Crippen LogP contribution in [0.5, 0.6) is 0 Å². The van der Waals surface area contributed by atoms with Crippen LogP contribution in [0.3, 0.4) is 0 Å². The van der Waals surface area contributed by atoms with Crippen molar-refractivity contribution < 1.29 is 4.39 Å². The molecule has 0 spiro atoms. The molecule has 0 aliphatic carbocycles. The Balaban J connectivity index is 2.10. The van der Waals surface area contributed by atoms with Crippen LogP contribution in [-0.4, -0.2) is 0 Å². The Labute approximate surface area is 105 Å². The Morgan fingerprint density at radius 3 is 2.71 bits per heavy atom. The minimum absolute atomic E-state index is 0.216. The fourth-order valence-electron chi connectivity index (χ4n) is 1.64. The lowest BCUT2D eigenvalue weighted by Gasteiger charge is -2.10. The van der Waals surface area contributed by atoms with Gasteiger partial charge in [0.25, 0.3) is 0 Å². The molecule has 88 valence electrons. The van der Waals surface area contributed by atoms with E-state index in [1.165, 1.54) is 12.1 Å². The highest BCUT2D eigenvalue weighted by Crippen LogP contribution is 2.23. The normalized spacial score (nSPS) is 10.3. The van der Waals surface area contributed by atoms with Gasteiger partial charge in [-0.3, -0.25) is 0 Å². The summed E-state index contributed by atoms with van der Waals surface area (Å²) >= 11 is 6.02. The van der Waals surface area contributed by atoms with Gasteiger partial charge < -0.3 is 5.32 Å². The molecule has 0 heterocycles. The molecule has 0 aliphatic heterocycles. The lowest BCUT2D eigenvalue weighted by molar-refractivity contribution is 0.626. The molecule has 0 amide bonds. The van der Waals surface area contributed by atoms with Crippen LogP contribution in [-0.2, 0) is 6.54 Å². The van der Waals surface area contributed by atoms with Crippen molar-refractivity contribution in [2.45, 2.75) is 13.5 Å². The molecule has 0 fully saturated rings. The second kappa shape index (κ2) is 5.19. The first-order chi connectivity index (χ1) is 8.16. The Morgan fingerprint density at radius 1 is 1.18 bits per heavy atom. The third kappa shape index (κ3) is 2.98. The highest BCUT2D eigenvalue weighted by atomic mass is 35.5. The van der Waals surface area contributed by atoms with Gasteiger partial charge in [-0.15, -0.1) is 0 Å². The molecular weight excluding hydrogens is 237 g/mol. The average molecular weight is 250 g/mol. The summed E-state index contributed by atoms with van der Waals surface area (Å²) in [5.74, 6) is -0.216. The molecular formula is C14H13ClFN. The van der Waals surface area contributed by atoms with E-state index in [-0.39, 0.29) is 5.82 Å². The van der Waals surface area contributed by atoms with E-state index < -0.39 is 0 Å². The quantitative estimate of drug-likeness (QED) is 0.850. The second-order valence-corrected chi connectivity index (χ2v) is 4.30. The molecule has 0 atom stereocenters. The first kappa shape index (κ1) is 11.9. The van der Waals surface area contributed by atoms with Gasteiger partial charge in [0.05, 0.1) is 0 Å². The molecule has 3 heteroatoms. The first-order valence-corrected chi connectivity index (χ1v) is 5.78. The summed E-state index contributed by atoms with van der Waals surface area (Å²) in [7, 11) is 0. The minimum Gasteiger partial charge on any atom is -0.381 e. The van der Waals surface area contributed by atoms with E-state index >= 15 is 0 Å². The van der Waals surface area contributed by atoms with Crippen LogP contribution in [0.2, 0.25) is 5.02 Å². The molecule has 0 aliphatic rings. The molecule has 2 rings (SSSR count). The number of benzene rings is 2. The number of rotatable bonds is 3. The van der Waals surface area contributed by atoms with Gasteiger partial charge in [-0.25, -0.2) is 4.39 Å². The molecule has 2 aromatic rings. The molecule has 1 nitrogen and oxygen atoms in total. The second-order valence-electron chi connectivity index (χ2n) is 3.90. The summed E-state index contributed by atoms with van der Waals surface area (Å²) in [6, 6.07) is 12.3. The van der Waals surface area contributed by atoms with Crippen LogP contribution in [0.25, 0.3) is 0 Å². The Morgan fingerprint density at radius 2 is 1.94 bits per heavy atom. The van der Waals surface area contributed by atoms with E-state index in [0.717, 1.165) is 21.8 Å².